The highest BCUT2D eigenvalue weighted by atomic mass is 79.9. The van der Waals surface area contributed by atoms with E-state index in [1.165, 1.54) is 0 Å². The van der Waals surface area contributed by atoms with E-state index in [1.54, 1.807) is 24.3 Å². The summed E-state index contributed by atoms with van der Waals surface area (Å²) in [4.78, 5) is 10.9. The van der Waals surface area contributed by atoms with Crippen LogP contribution in [0.2, 0.25) is 0 Å². The first-order chi connectivity index (χ1) is 13.5. The van der Waals surface area contributed by atoms with Gasteiger partial charge in [-0.2, -0.15) is 0 Å². The number of aromatic carboxylic acids is 1. The van der Waals surface area contributed by atoms with Crippen molar-refractivity contribution in [1.82, 2.24) is 4.57 Å². The second kappa shape index (κ2) is 7.66. The average Bonchev–Trinajstić information content (AvgIpc) is 3.00. The van der Waals surface area contributed by atoms with Crippen LogP contribution in [0.25, 0.3) is 21.8 Å². The van der Waals surface area contributed by atoms with Crippen molar-refractivity contribution in [3.05, 3.63) is 76.8 Å². The topological polar surface area (TPSA) is 74.5 Å². The van der Waals surface area contributed by atoms with E-state index in [-0.39, 0.29) is 5.56 Å². The Bertz CT molecular complexity index is 1150. The molecule has 0 spiro atoms. The molecule has 1 aromatic heterocycles. The molecule has 28 heavy (non-hydrogen) atoms. The van der Waals surface area contributed by atoms with E-state index in [0.717, 1.165) is 32.0 Å². The summed E-state index contributed by atoms with van der Waals surface area (Å²) in [7, 11) is 0. The Morgan fingerprint density at radius 2 is 1.71 bits per heavy atom. The minimum Gasteiger partial charge on any atom is -0.478 e. The zero-order valence-electron chi connectivity index (χ0n) is 15.0. The number of hydrogen-bond acceptors (Lipinski definition) is 3. The number of aliphatic hydroxyl groups excluding tert-OH is 1. The van der Waals surface area contributed by atoms with E-state index in [1.807, 2.05) is 18.2 Å². The second-order valence-corrected chi connectivity index (χ2v) is 7.62. The van der Waals surface area contributed by atoms with Gasteiger partial charge in [0.15, 0.2) is 0 Å². The van der Waals surface area contributed by atoms with Crippen LogP contribution in [0, 0.1) is 0 Å². The Hall–Kier alpha value is -2.83. The number of aliphatic hydroxyl groups is 1. The molecule has 0 bridgehead atoms. The van der Waals surface area contributed by atoms with Crippen LogP contribution in [0.1, 0.15) is 10.4 Å². The van der Waals surface area contributed by atoms with Crippen LogP contribution >= 0.6 is 15.9 Å². The predicted molar refractivity (Wildman–Crippen MR) is 115 cm³/mol. The third-order valence-electron chi connectivity index (χ3n) is 4.80. The monoisotopic (exact) mass is 438 g/mol. The van der Waals surface area contributed by atoms with Gasteiger partial charge < -0.3 is 20.1 Å². The van der Waals surface area contributed by atoms with Crippen molar-refractivity contribution in [2.45, 2.75) is 12.6 Å². The Labute approximate surface area is 170 Å². The highest BCUT2D eigenvalue weighted by Gasteiger charge is 2.14. The molecule has 142 valence electrons. The smallest absolute Gasteiger partial charge is 0.335 e. The number of halogens is 1. The molecule has 5 nitrogen and oxygen atoms in total. The fraction of sp³-hybridized carbons (Fsp3) is 0.136. The molecular weight excluding hydrogens is 420 g/mol. The fourth-order valence-corrected chi connectivity index (χ4v) is 3.83. The summed E-state index contributed by atoms with van der Waals surface area (Å²) >= 11 is 3.54. The average molecular weight is 439 g/mol. The lowest BCUT2D eigenvalue weighted by atomic mass is 10.2. The molecule has 1 heterocycles. The molecule has 0 aliphatic heterocycles. The lowest BCUT2D eigenvalue weighted by Crippen LogP contribution is -2.24. The molecule has 0 amide bonds. The van der Waals surface area contributed by atoms with Crippen molar-refractivity contribution < 1.29 is 15.0 Å². The van der Waals surface area contributed by atoms with E-state index in [4.69, 9.17) is 5.11 Å². The molecule has 0 aliphatic carbocycles. The predicted octanol–water partition coefficient (Wildman–Crippen LogP) is 4.73. The van der Waals surface area contributed by atoms with Gasteiger partial charge in [-0.3, -0.25) is 0 Å². The number of carbonyl (C=O) groups is 1. The maximum absolute atomic E-state index is 10.9. The molecule has 1 unspecified atom stereocenters. The van der Waals surface area contributed by atoms with E-state index in [9.17, 15) is 9.90 Å². The fourth-order valence-electron chi connectivity index (χ4n) is 3.46. The van der Waals surface area contributed by atoms with Crippen molar-refractivity contribution in [1.29, 1.82) is 0 Å². The summed E-state index contributed by atoms with van der Waals surface area (Å²) in [6.45, 7) is 0.808. The van der Waals surface area contributed by atoms with Crippen LogP contribution in [0.4, 0.5) is 5.69 Å². The first-order valence-electron chi connectivity index (χ1n) is 8.95. The molecule has 4 rings (SSSR count). The maximum Gasteiger partial charge on any atom is 0.335 e. The van der Waals surface area contributed by atoms with Crippen LogP contribution in [-0.4, -0.2) is 33.4 Å². The molecule has 6 heteroatoms. The SMILES string of the molecule is O=C(O)c1ccc(NCC(O)Cn2c3ccccc3c3cc(Br)ccc32)cc1. The second-order valence-electron chi connectivity index (χ2n) is 6.71. The Morgan fingerprint density at radius 3 is 2.46 bits per heavy atom. The van der Waals surface area contributed by atoms with E-state index < -0.39 is 12.1 Å². The molecule has 0 radical (unpaired) electrons. The van der Waals surface area contributed by atoms with E-state index >= 15 is 0 Å². The van der Waals surface area contributed by atoms with Gasteiger partial charge in [-0.1, -0.05) is 34.1 Å². The van der Waals surface area contributed by atoms with Crippen molar-refractivity contribution in [3.8, 4) is 0 Å². The third kappa shape index (κ3) is 3.61. The molecule has 1 atom stereocenters. The summed E-state index contributed by atoms with van der Waals surface area (Å²) in [5, 5.41) is 25.0. The summed E-state index contributed by atoms with van der Waals surface area (Å²) in [6.07, 6.45) is -0.609. The quantitative estimate of drug-likeness (QED) is 0.406. The molecule has 3 aromatic carbocycles. The van der Waals surface area contributed by atoms with Gasteiger partial charge in [0, 0.05) is 38.5 Å². The van der Waals surface area contributed by atoms with Gasteiger partial charge in [0.25, 0.3) is 0 Å². The number of para-hydroxylation sites is 1. The number of carboxylic acid groups (broad SMARTS) is 1. The first kappa shape index (κ1) is 18.5. The normalized spacial score (nSPS) is 12.4. The van der Waals surface area contributed by atoms with Gasteiger partial charge in [-0.15, -0.1) is 0 Å². The molecule has 0 saturated heterocycles. The van der Waals surface area contributed by atoms with Gasteiger partial charge in [0.2, 0.25) is 0 Å². The summed E-state index contributed by atoms with van der Waals surface area (Å²) in [6, 6.07) is 20.8. The molecule has 4 aromatic rings. The number of aromatic nitrogens is 1. The highest BCUT2D eigenvalue weighted by molar-refractivity contribution is 9.10. The molecule has 0 saturated carbocycles. The lowest BCUT2D eigenvalue weighted by molar-refractivity contribution is 0.0697. The van der Waals surface area contributed by atoms with Gasteiger partial charge in [-0.25, -0.2) is 4.79 Å². The van der Waals surface area contributed by atoms with Crippen molar-refractivity contribution in [3.63, 3.8) is 0 Å². The summed E-state index contributed by atoms with van der Waals surface area (Å²) < 4.78 is 3.16. The number of rotatable bonds is 6. The largest absolute Gasteiger partial charge is 0.478 e. The maximum atomic E-state index is 10.9. The minimum atomic E-state index is -0.954. The van der Waals surface area contributed by atoms with Gasteiger partial charge >= 0.3 is 5.97 Å². The molecule has 0 fully saturated rings. The molecule has 3 N–H and O–H groups in total. The third-order valence-corrected chi connectivity index (χ3v) is 5.29. The minimum absolute atomic E-state index is 0.238. The van der Waals surface area contributed by atoms with E-state index in [2.05, 4.69) is 50.1 Å². The van der Waals surface area contributed by atoms with Gasteiger partial charge in [0.1, 0.15) is 0 Å². The standard InChI is InChI=1S/C22H19BrN2O3/c23-15-7-10-21-19(11-15)18-3-1-2-4-20(18)25(21)13-17(26)12-24-16-8-5-14(6-9-16)22(27)28/h1-11,17,24,26H,12-13H2,(H,27,28). The van der Waals surface area contributed by atoms with Crippen LogP contribution in [-0.2, 0) is 6.54 Å². The van der Waals surface area contributed by atoms with Gasteiger partial charge in [0.05, 0.1) is 18.2 Å². The van der Waals surface area contributed by atoms with Crippen LogP contribution in [0.5, 0.6) is 0 Å². The molecule has 0 aliphatic rings. The van der Waals surface area contributed by atoms with Crippen LogP contribution in [0.15, 0.2) is 71.2 Å². The Kier molecular flexibility index (Phi) is 5.07. The Morgan fingerprint density at radius 1 is 1.00 bits per heavy atom. The van der Waals surface area contributed by atoms with Gasteiger partial charge in [-0.05, 0) is 48.5 Å². The zero-order valence-corrected chi connectivity index (χ0v) is 16.6. The number of hydrogen-bond donors (Lipinski definition) is 3. The number of nitrogens with one attached hydrogen (secondary N) is 1. The number of fused-ring (bicyclic) bond motifs is 3. The Balaban J connectivity index is 1.54. The number of benzene rings is 3. The lowest BCUT2D eigenvalue weighted by Gasteiger charge is -2.15. The number of carboxylic acids is 1. The van der Waals surface area contributed by atoms with Crippen molar-refractivity contribution in [2.75, 3.05) is 11.9 Å². The summed E-state index contributed by atoms with van der Waals surface area (Å²) in [5.74, 6) is -0.954. The van der Waals surface area contributed by atoms with Crippen molar-refractivity contribution in [2.24, 2.45) is 0 Å². The number of nitrogens with zero attached hydrogens (tertiary/aromatic N) is 1. The highest BCUT2D eigenvalue weighted by Crippen LogP contribution is 2.31. The van der Waals surface area contributed by atoms with Crippen LogP contribution < -0.4 is 5.32 Å². The zero-order chi connectivity index (χ0) is 19.7. The first-order valence-corrected chi connectivity index (χ1v) is 9.74. The summed E-state index contributed by atoms with van der Waals surface area (Å²) in [5.41, 5.74) is 3.17. The van der Waals surface area contributed by atoms with E-state index in [0.29, 0.717) is 13.1 Å². The van der Waals surface area contributed by atoms with Crippen molar-refractivity contribution >= 4 is 49.4 Å². The number of anilines is 1. The van der Waals surface area contributed by atoms with Crippen LogP contribution in [0.3, 0.4) is 0 Å². The molecular formula is C22H19BrN2O3.